The van der Waals surface area contributed by atoms with E-state index in [2.05, 4.69) is 12.2 Å². The van der Waals surface area contributed by atoms with Crippen molar-refractivity contribution in [1.82, 2.24) is 5.32 Å². The van der Waals surface area contributed by atoms with Gasteiger partial charge in [-0.05, 0) is 32.1 Å². The van der Waals surface area contributed by atoms with E-state index in [9.17, 15) is 5.11 Å². The van der Waals surface area contributed by atoms with Crippen LogP contribution in [0.15, 0.2) is 0 Å². The lowest BCUT2D eigenvalue weighted by Gasteiger charge is -2.23. The summed E-state index contributed by atoms with van der Waals surface area (Å²) in [4.78, 5) is 0. The van der Waals surface area contributed by atoms with Crippen LogP contribution in [-0.4, -0.2) is 36.5 Å². The van der Waals surface area contributed by atoms with Gasteiger partial charge in [0, 0.05) is 19.2 Å². The first-order chi connectivity index (χ1) is 8.25. The Morgan fingerprint density at radius 2 is 2.00 bits per heavy atom. The molecule has 2 N–H and O–H groups in total. The molecule has 2 aliphatic rings. The molecule has 3 unspecified atom stereocenters. The van der Waals surface area contributed by atoms with Crippen LogP contribution in [0.5, 0.6) is 0 Å². The summed E-state index contributed by atoms with van der Waals surface area (Å²) in [6, 6.07) is 0.371. The molecule has 100 valence electrons. The third-order valence-corrected chi connectivity index (χ3v) is 4.28. The van der Waals surface area contributed by atoms with Crippen LogP contribution in [0.25, 0.3) is 0 Å². The second-order valence-corrected chi connectivity index (χ2v) is 5.79. The molecular weight excluding hydrogens is 214 g/mol. The summed E-state index contributed by atoms with van der Waals surface area (Å²) in [5, 5.41) is 13.4. The van der Waals surface area contributed by atoms with Crippen molar-refractivity contribution in [2.75, 3.05) is 13.2 Å². The van der Waals surface area contributed by atoms with Gasteiger partial charge >= 0.3 is 0 Å². The molecule has 2 fully saturated rings. The van der Waals surface area contributed by atoms with Gasteiger partial charge in [-0.3, -0.25) is 0 Å². The summed E-state index contributed by atoms with van der Waals surface area (Å²) < 4.78 is 5.64. The van der Waals surface area contributed by atoms with Gasteiger partial charge in [0.1, 0.15) is 0 Å². The van der Waals surface area contributed by atoms with Gasteiger partial charge in [0.25, 0.3) is 0 Å². The Bertz CT molecular complexity index is 210. The lowest BCUT2D eigenvalue weighted by atomic mass is 10.00. The van der Waals surface area contributed by atoms with E-state index in [0.717, 1.165) is 31.9 Å². The minimum atomic E-state index is -0.179. The molecule has 0 amide bonds. The zero-order chi connectivity index (χ0) is 12.1. The van der Waals surface area contributed by atoms with Gasteiger partial charge in [0.15, 0.2) is 0 Å². The number of nitrogens with one attached hydrogen (secondary N) is 1. The highest BCUT2D eigenvalue weighted by Crippen LogP contribution is 2.28. The van der Waals surface area contributed by atoms with E-state index in [1.165, 1.54) is 32.1 Å². The van der Waals surface area contributed by atoms with Crippen LogP contribution in [0.3, 0.4) is 0 Å². The first kappa shape index (κ1) is 13.3. The average molecular weight is 241 g/mol. The number of aliphatic hydroxyl groups is 1. The highest BCUT2D eigenvalue weighted by atomic mass is 16.5. The standard InChI is InChI=1S/C14H27NO2/c1-11(14-7-4-8-17-14)15-10-13(16)9-12-5-2-3-6-12/h11-16H,2-10H2,1H3. The molecular formula is C14H27NO2. The lowest BCUT2D eigenvalue weighted by Crippen LogP contribution is -2.41. The normalized spacial score (nSPS) is 29.6. The second kappa shape index (κ2) is 6.72. The molecule has 0 spiro atoms. The molecule has 0 aromatic heterocycles. The van der Waals surface area contributed by atoms with Crippen molar-refractivity contribution >= 4 is 0 Å². The van der Waals surface area contributed by atoms with Crippen molar-refractivity contribution in [3.05, 3.63) is 0 Å². The van der Waals surface area contributed by atoms with Gasteiger partial charge in [0.2, 0.25) is 0 Å². The van der Waals surface area contributed by atoms with Crippen molar-refractivity contribution < 1.29 is 9.84 Å². The Kier molecular flexibility index (Phi) is 5.26. The van der Waals surface area contributed by atoms with Crippen LogP contribution < -0.4 is 5.32 Å². The minimum Gasteiger partial charge on any atom is -0.392 e. The Hall–Kier alpha value is -0.120. The molecule has 1 aliphatic carbocycles. The van der Waals surface area contributed by atoms with Gasteiger partial charge in [0.05, 0.1) is 12.2 Å². The van der Waals surface area contributed by atoms with Gasteiger partial charge in [-0.2, -0.15) is 0 Å². The molecule has 0 bridgehead atoms. The predicted octanol–water partition coefficient (Wildman–Crippen LogP) is 2.08. The predicted molar refractivity (Wildman–Crippen MR) is 69.0 cm³/mol. The van der Waals surface area contributed by atoms with Crippen LogP contribution in [0, 0.1) is 5.92 Å². The van der Waals surface area contributed by atoms with E-state index in [4.69, 9.17) is 4.74 Å². The largest absolute Gasteiger partial charge is 0.392 e. The third kappa shape index (κ3) is 4.23. The summed E-state index contributed by atoms with van der Waals surface area (Å²) in [6.45, 7) is 3.79. The van der Waals surface area contributed by atoms with Gasteiger partial charge in [-0.25, -0.2) is 0 Å². The van der Waals surface area contributed by atoms with Crippen molar-refractivity contribution in [3.63, 3.8) is 0 Å². The smallest absolute Gasteiger partial charge is 0.0726 e. The molecule has 0 radical (unpaired) electrons. The molecule has 0 aromatic carbocycles. The first-order valence-electron chi connectivity index (χ1n) is 7.28. The van der Waals surface area contributed by atoms with Crippen LogP contribution in [0.1, 0.15) is 51.9 Å². The lowest BCUT2D eigenvalue weighted by molar-refractivity contribution is 0.0735. The fraction of sp³-hybridized carbons (Fsp3) is 1.00. The molecule has 1 aliphatic heterocycles. The summed E-state index contributed by atoms with van der Waals surface area (Å²) in [5.74, 6) is 0.768. The zero-order valence-corrected chi connectivity index (χ0v) is 11.0. The molecule has 0 aromatic rings. The average Bonchev–Trinajstić information content (AvgIpc) is 2.97. The van der Waals surface area contributed by atoms with Gasteiger partial charge in [-0.15, -0.1) is 0 Å². The summed E-state index contributed by atoms with van der Waals surface area (Å²) in [5.41, 5.74) is 0. The highest BCUT2D eigenvalue weighted by molar-refractivity contribution is 4.79. The quantitative estimate of drug-likeness (QED) is 0.748. The Morgan fingerprint density at radius 1 is 1.24 bits per heavy atom. The summed E-state index contributed by atoms with van der Waals surface area (Å²) in [7, 11) is 0. The first-order valence-corrected chi connectivity index (χ1v) is 7.28. The molecule has 17 heavy (non-hydrogen) atoms. The van der Waals surface area contributed by atoms with E-state index in [-0.39, 0.29) is 6.10 Å². The van der Waals surface area contributed by atoms with Crippen LogP contribution in [0.4, 0.5) is 0 Å². The van der Waals surface area contributed by atoms with Crippen molar-refractivity contribution in [2.45, 2.75) is 70.1 Å². The topological polar surface area (TPSA) is 41.5 Å². The van der Waals surface area contributed by atoms with Crippen molar-refractivity contribution in [1.29, 1.82) is 0 Å². The number of aliphatic hydroxyl groups excluding tert-OH is 1. The maximum absolute atomic E-state index is 10.00. The number of hydrogen-bond acceptors (Lipinski definition) is 3. The van der Waals surface area contributed by atoms with E-state index in [0.29, 0.717) is 12.1 Å². The van der Waals surface area contributed by atoms with Crippen molar-refractivity contribution in [2.24, 2.45) is 5.92 Å². The Labute approximate surface area is 105 Å². The molecule has 3 heteroatoms. The molecule has 1 heterocycles. The minimum absolute atomic E-state index is 0.179. The van der Waals surface area contributed by atoms with Crippen LogP contribution in [-0.2, 0) is 4.74 Å². The van der Waals surface area contributed by atoms with Gasteiger partial charge < -0.3 is 15.2 Å². The van der Waals surface area contributed by atoms with Crippen LogP contribution >= 0.6 is 0 Å². The number of rotatable bonds is 6. The summed E-state index contributed by atoms with van der Waals surface area (Å²) >= 11 is 0. The Morgan fingerprint density at radius 3 is 2.65 bits per heavy atom. The maximum Gasteiger partial charge on any atom is 0.0726 e. The van der Waals surface area contributed by atoms with E-state index >= 15 is 0 Å². The van der Waals surface area contributed by atoms with Crippen molar-refractivity contribution in [3.8, 4) is 0 Å². The fourth-order valence-corrected chi connectivity index (χ4v) is 3.16. The molecule has 3 atom stereocenters. The zero-order valence-electron chi connectivity index (χ0n) is 11.0. The van der Waals surface area contributed by atoms with Crippen LogP contribution in [0.2, 0.25) is 0 Å². The summed E-state index contributed by atoms with van der Waals surface area (Å²) in [6.07, 6.45) is 8.85. The SMILES string of the molecule is CC(NCC(O)CC1CCCC1)C1CCCO1. The highest BCUT2D eigenvalue weighted by Gasteiger charge is 2.23. The van der Waals surface area contributed by atoms with E-state index in [1.807, 2.05) is 0 Å². The third-order valence-electron chi connectivity index (χ3n) is 4.28. The molecule has 3 nitrogen and oxygen atoms in total. The molecule has 1 saturated carbocycles. The molecule has 2 rings (SSSR count). The van der Waals surface area contributed by atoms with Gasteiger partial charge in [-0.1, -0.05) is 25.7 Å². The number of ether oxygens (including phenoxy) is 1. The monoisotopic (exact) mass is 241 g/mol. The maximum atomic E-state index is 10.00. The fourth-order valence-electron chi connectivity index (χ4n) is 3.16. The van der Waals surface area contributed by atoms with E-state index < -0.39 is 0 Å². The van der Waals surface area contributed by atoms with E-state index in [1.54, 1.807) is 0 Å². The second-order valence-electron chi connectivity index (χ2n) is 5.79. The molecule has 1 saturated heterocycles. The number of hydrogen-bond donors (Lipinski definition) is 2. The Balaban J connectivity index is 1.59.